The van der Waals surface area contributed by atoms with Crippen LogP contribution >= 0.6 is 0 Å². The molecule has 1 aromatic heterocycles. The zero-order valence-electron chi connectivity index (χ0n) is 13.9. The molecule has 0 saturated carbocycles. The average Bonchev–Trinajstić information content (AvgIpc) is 3.12. The minimum atomic E-state index is -0.410. The Morgan fingerprint density at radius 3 is 2.31 bits per heavy atom. The highest BCUT2D eigenvalue weighted by Crippen LogP contribution is 2.28. The molecule has 0 fully saturated rings. The molecule has 1 aliphatic rings. The molecule has 2 aromatic carbocycles. The third-order valence-electron chi connectivity index (χ3n) is 4.27. The van der Waals surface area contributed by atoms with E-state index in [2.05, 4.69) is 4.98 Å². The van der Waals surface area contributed by atoms with Crippen LogP contribution in [0.15, 0.2) is 54.9 Å². The summed E-state index contributed by atoms with van der Waals surface area (Å²) in [6.07, 6.45) is 1.45. The highest BCUT2D eigenvalue weighted by Gasteiger charge is 2.34. The van der Waals surface area contributed by atoms with E-state index >= 15 is 0 Å². The Balaban J connectivity index is 1.77. The fourth-order valence-electron chi connectivity index (χ4n) is 3.03. The quantitative estimate of drug-likeness (QED) is 0.533. The van der Waals surface area contributed by atoms with Gasteiger partial charge in [0, 0.05) is 16.8 Å². The van der Waals surface area contributed by atoms with Crippen LogP contribution in [0.5, 0.6) is 0 Å². The van der Waals surface area contributed by atoms with Crippen LogP contribution in [0.4, 0.5) is 0 Å². The molecule has 0 aliphatic heterocycles. The number of aromatic nitrogens is 2. The zero-order valence-corrected chi connectivity index (χ0v) is 13.9. The van der Waals surface area contributed by atoms with Gasteiger partial charge in [-0.3, -0.25) is 14.2 Å². The molecule has 0 bridgehead atoms. The Morgan fingerprint density at radius 1 is 1.00 bits per heavy atom. The van der Waals surface area contributed by atoms with Crippen molar-refractivity contribution in [3.8, 4) is 5.69 Å². The van der Waals surface area contributed by atoms with E-state index in [9.17, 15) is 14.4 Å². The zero-order chi connectivity index (χ0) is 18.3. The second-order valence-electron chi connectivity index (χ2n) is 5.78. The summed E-state index contributed by atoms with van der Waals surface area (Å²) < 4.78 is 6.53. The Bertz CT molecular complexity index is 1050. The van der Waals surface area contributed by atoms with Gasteiger partial charge in [-0.25, -0.2) is 9.78 Å². The Hall–Kier alpha value is -3.54. The molecule has 1 heterocycles. The highest BCUT2D eigenvalue weighted by molar-refractivity contribution is 6.27. The van der Waals surface area contributed by atoms with E-state index in [-0.39, 0.29) is 23.0 Å². The van der Waals surface area contributed by atoms with Gasteiger partial charge in [0.1, 0.15) is 17.7 Å². The van der Waals surface area contributed by atoms with E-state index in [0.717, 1.165) is 0 Å². The van der Waals surface area contributed by atoms with Gasteiger partial charge in [0.25, 0.3) is 0 Å². The molecule has 0 atom stereocenters. The van der Waals surface area contributed by atoms with E-state index in [1.165, 1.54) is 6.33 Å². The van der Waals surface area contributed by atoms with E-state index in [0.29, 0.717) is 29.0 Å². The van der Waals surface area contributed by atoms with Crippen molar-refractivity contribution in [2.45, 2.75) is 6.92 Å². The lowest BCUT2D eigenvalue weighted by molar-refractivity contribution is 0.0526. The van der Waals surface area contributed by atoms with E-state index in [1.807, 2.05) is 0 Å². The van der Waals surface area contributed by atoms with Gasteiger partial charge in [0.2, 0.25) is 11.6 Å². The first kappa shape index (κ1) is 16.0. The smallest absolute Gasteiger partial charge is 0.338 e. The summed E-state index contributed by atoms with van der Waals surface area (Å²) in [7, 11) is 0. The molecule has 0 saturated heterocycles. The van der Waals surface area contributed by atoms with Crippen molar-refractivity contribution in [2.75, 3.05) is 6.61 Å². The first-order valence-electron chi connectivity index (χ1n) is 8.15. The van der Waals surface area contributed by atoms with Crippen LogP contribution in [0.1, 0.15) is 49.4 Å². The SMILES string of the molecule is CCOC(=O)c1ccc(-n2cnc3c2C(=O)c2ccccc2C3=O)cc1. The van der Waals surface area contributed by atoms with Gasteiger partial charge in [-0.05, 0) is 31.2 Å². The van der Waals surface area contributed by atoms with Gasteiger partial charge < -0.3 is 4.74 Å². The number of esters is 1. The predicted molar refractivity (Wildman–Crippen MR) is 92.8 cm³/mol. The molecule has 26 heavy (non-hydrogen) atoms. The minimum absolute atomic E-state index is 0.142. The number of fused-ring (bicyclic) bond motifs is 2. The van der Waals surface area contributed by atoms with Crippen molar-refractivity contribution >= 4 is 17.5 Å². The van der Waals surface area contributed by atoms with Crippen molar-refractivity contribution in [3.05, 3.63) is 82.9 Å². The summed E-state index contributed by atoms with van der Waals surface area (Å²) in [6.45, 7) is 2.04. The average molecular weight is 346 g/mol. The molecule has 0 amide bonds. The molecule has 4 rings (SSSR count). The summed E-state index contributed by atoms with van der Waals surface area (Å²) >= 11 is 0. The molecule has 0 unspecified atom stereocenters. The maximum absolute atomic E-state index is 12.9. The third kappa shape index (κ3) is 2.35. The molecule has 0 N–H and O–H groups in total. The number of hydrogen-bond acceptors (Lipinski definition) is 5. The monoisotopic (exact) mass is 346 g/mol. The number of rotatable bonds is 3. The van der Waals surface area contributed by atoms with Gasteiger partial charge in [-0.15, -0.1) is 0 Å². The summed E-state index contributed by atoms with van der Waals surface area (Å²) in [4.78, 5) is 41.4. The van der Waals surface area contributed by atoms with Gasteiger partial charge in [-0.2, -0.15) is 0 Å². The van der Waals surface area contributed by atoms with Gasteiger partial charge >= 0.3 is 5.97 Å². The number of ketones is 2. The second kappa shape index (κ2) is 6.07. The molecule has 128 valence electrons. The summed E-state index contributed by atoms with van der Waals surface area (Å²) in [5.74, 6) is -0.925. The Labute approximate surface area is 149 Å². The van der Waals surface area contributed by atoms with E-state index < -0.39 is 5.97 Å². The number of imidazole rings is 1. The topological polar surface area (TPSA) is 78.3 Å². The van der Waals surface area contributed by atoms with E-state index in [1.54, 1.807) is 60.0 Å². The standard InChI is InChI=1S/C20H14N2O4/c1-2-26-20(25)12-7-9-13(10-8-12)22-11-21-16-17(22)19(24)15-6-4-3-5-14(15)18(16)23/h3-11H,2H2,1H3. The van der Waals surface area contributed by atoms with Crippen molar-refractivity contribution in [1.29, 1.82) is 0 Å². The van der Waals surface area contributed by atoms with Crippen LogP contribution in [0, 0.1) is 0 Å². The molecule has 1 aliphatic carbocycles. The highest BCUT2D eigenvalue weighted by atomic mass is 16.5. The third-order valence-corrected chi connectivity index (χ3v) is 4.27. The van der Waals surface area contributed by atoms with E-state index in [4.69, 9.17) is 4.74 Å². The van der Waals surface area contributed by atoms with Crippen LogP contribution in [-0.4, -0.2) is 33.7 Å². The maximum Gasteiger partial charge on any atom is 0.338 e. The fraction of sp³-hybridized carbons (Fsp3) is 0.100. The van der Waals surface area contributed by atoms with Crippen LogP contribution in [0.3, 0.4) is 0 Å². The molecule has 6 nitrogen and oxygen atoms in total. The molecule has 0 spiro atoms. The van der Waals surface area contributed by atoms with Crippen LogP contribution in [0.2, 0.25) is 0 Å². The summed E-state index contributed by atoms with van der Waals surface area (Å²) in [5, 5.41) is 0. The number of carbonyl (C=O) groups is 3. The maximum atomic E-state index is 12.9. The normalized spacial score (nSPS) is 12.5. The number of hydrogen-bond donors (Lipinski definition) is 0. The predicted octanol–water partition coefficient (Wildman–Crippen LogP) is 2.82. The lowest BCUT2D eigenvalue weighted by Gasteiger charge is -2.15. The molecular formula is C20H14N2O4. The van der Waals surface area contributed by atoms with Crippen LogP contribution in [-0.2, 0) is 4.74 Å². The van der Waals surface area contributed by atoms with Crippen molar-refractivity contribution in [3.63, 3.8) is 0 Å². The Morgan fingerprint density at radius 2 is 1.65 bits per heavy atom. The number of ether oxygens (including phenoxy) is 1. The van der Waals surface area contributed by atoms with Gasteiger partial charge in [0.05, 0.1) is 12.2 Å². The van der Waals surface area contributed by atoms with Gasteiger partial charge in [-0.1, -0.05) is 24.3 Å². The van der Waals surface area contributed by atoms with Crippen LogP contribution in [0.25, 0.3) is 5.69 Å². The summed E-state index contributed by atoms with van der Waals surface area (Å²) in [6, 6.07) is 13.3. The van der Waals surface area contributed by atoms with Crippen molar-refractivity contribution < 1.29 is 19.1 Å². The van der Waals surface area contributed by atoms with Crippen LogP contribution < -0.4 is 0 Å². The lowest BCUT2D eigenvalue weighted by Crippen LogP contribution is -2.22. The molecule has 6 heteroatoms. The van der Waals surface area contributed by atoms with Crippen molar-refractivity contribution in [2.24, 2.45) is 0 Å². The second-order valence-corrected chi connectivity index (χ2v) is 5.78. The molecule has 3 aromatic rings. The number of benzene rings is 2. The molecular weight excluding hydrogens is 332 g/mol. The fourth-order valence-corrected chi connectivity index (χ4v) is 3.03. The summed E-state index contributed by atoms with van der Waals surface area (Å²) in [5.41, 5.74) is 2.16. The minimum Gasteiger partial charge on any atom is -0.462 e. The van der Waals surface area contributed by atoms with Gasteiger partial charge in [0.15, 0.2) is 0 Å². The largest absolute Gasteiger partial charge is 0.462 e. The first-order chi connectivity index (χ1) is 12.6. The molecule has 0 radical (unpaired) electrons. The Kier molecular flexibility index (Phi) is 3.73. The first-order valence-corrected chi connectivity index (χ1v) is 8.15. The number of nitrogens with zero attached hydrogens (tertiary/aromatic N) is 2. The lowest BCUT2D eigenvalue weighted by atomic mass is 9.90. The number of carbonyl (C=O) groups excluding carboxylic acids is 3. The van der Waals surface area contributed by atoms with Crippen molar-refractivity contribution in [1.82, 2.24) is 9.55 Å².